The number of rotatable bonds is 4. The van der Waals surface area contributed by atoms with Crippen LogP contribution < -0.4 is 0 Å². The SMILES string of the molecule is C=Cc1nc(Cn2cc(C(C)=O)cn2)c[nH]1. The van der Waals surface area contributed by atoms with Gasteiger partial charge in [0, 0.05) is 12.4 Å². The van der Waals surface area contributed by atoms with Crippen LogP contribution in [0.4, 0.5) is 0 Å². The maximum Gasteiger partial charge on any atom is 0.162 e. The van der Waals surface area contributed by atoms with Crippen LogP contribution in [0.25, 0.3) is 6.08 Å². The Kier molecular flexibility index (Phi) is 2.68. The van der Waals surface area contributed by atoms with Gasteiger partial charge in [0.1, 0.15) is 5.82 Å². The van der Waals surface area contributed by atoms with Crippen LogP contribution in [0, 0.1) is 0 Å². The first-order valence-electron chi connectivity index (χ1n) is 4.89. The lowest BCUT2D eigenvalue weighted by Crippen LogP contribution is -2.00. The molecule has 0 bridgehead atoms. The number of carbonyl (C=O) groups is 1. The van der Waals surface area contributed by atoms with Crippen molar-refractivity contribution < 1.29 is 4.79 Å². The standard InChI is InChI=1S/C11H12N4O/c1-3-11-12-5-10(14-11)7-15-6-9(4-13-15)8(2)16/h3-6H,1,7H2,2H3,(H,12,14). The van der Waals surface area contributed by atoms with Crippen LogP contribution in [0.5, 0.6) is 0 Å². The van der Waals surface area contributed by atoms with E-state index in [1.807, 2.05) is 0 Å². The third-order valence-corrected chi connectivity index (χ3v) is 2.21. The summed E-state index contributed by atoms with van der Waals surface area (Å²) in [5, 5.41) is 4.08. The number of hydrogen-bond donors (Lipinski definition) is 1. The van der Waals surface area contributed by atoms with Crippen molar-refractivity contribution in [3.8, 4) is 0 Å². The second-order valence-corrected chi connectivity index (χ2v) is 3.46. The summed E-state index contributed by atoms with van der Waals surface area (Å²) in [6.07, 6.45) is 6.72. The fourth-order valence-electron chi connectivity index (χ4n) is 1.36. The normalized spacial score (nSPS) is 10.3. The molecule has 0 spiro atoms. The summed E-state index contributed by atoms with van der Waals surface area (Å²) in [5.74, 6) is 0.744. The van der Waals surface area contributed by atoms with Crippen molar-refractivity contribution in [2.24, 2.45) is 0 Å². The first kappa shape index (κ1) is 10.4. The molecular formula is C11H12N4O. The molecule has 0 saturated heterocycles. The molecule has 0 aliphatic heterocycles. The van der Waals surface area contributed by atoms with E-state index in [1.165, 1.54) is 6.92 Å². The van der Waals surface area contributed by atoms with E-state index in [0.29, 0.717) is 12.1 Å². The molecule has 0 aliphatic rings. The van der Waals surface area contributed by atoms with Gasteiger partial charge in [-0.3, -0.25) is 9.48 Å². The number of imidazole rings is 1. The van der Waals surface area contributed by atoms with E-state index in [-0.39, 0.29) is 5.78 Å². The highest BCUT2D eigenvalue weighted by Gasteiger charge is 2.04. The van der Waals surface area contributed by atoms with Crippen LogP contribution >= 0.6 is 0 Å². The highest BCUT2D eigenvalue weighted by Crippen LogP contribution is 2.03. The molecule has 2 heterocycles. The van der Waals surface area contributed by atoms with Gasteiger partial charge in [-0.15, -0.1) is 0 Å². The minimum Gasteiger partial charge on any atom is -0.345 e. The summed E-state index contributed by atoms with van der Waals surface area (Å²) < 4.78 is 1.68. The molecule has 0 saturated carbocycles. The van der Waals surface area contributed by atoms with Gasteiger partial charge < -0.3 is 4.98 Å². The molecule has 0 aliphatic carbocycles. The Balaban J connectivity index is 2.13. The summed E-state index contributed by atoms with van der Waals surface area (Å²) >= 11 is 0. The Bertz CT molecular complexity index is 524. The topological polar surface area (TPSA) is 63.6 Å². The van der Waals surface area contributed by atoms with Crippen LogP contribution in [0.2, 0.25) is 0 Å². The number of aromatic amines is 1. The second kappa shape index (κ2) is 4.14. The number of aromatic nitrogens is 4. The third kappa shape index (κ3) is 2.08. The van der Waals surface area contributed by atoms with Gasteiger partial charge in [-0.2, -0.15) is 5.10 Å². The van der Waals surface area contributed by atoms with E-state index < -0.39 is 0 Å². The summed E-state index contributed by atoms with van der Waals surface area (Å²) in [7, 11) is 0. The zero-order valence-corrected chi connectivity index (χ0v) is 8.97. The van der Waals surface area contributed by atoms with Gasteiger partial charge in [-0.25, -0.2) is 4.98 Å². The quantitative estimate of drug-likeness (QED) is 0.788. The first-order chi connectivity index (χ1) is 7.69. The Hall–Kier alpha value is -2.17. The molecule has 5 nitrogen and oxygen atoms in total. The lowest BCUT2D eigenvalue weighted by molar-refractivity contribution is 0.101. The fourth-order valence-corrected chi connectivity index (χ4v) is 1.36. The van der Waals surface area contributed by atoms with Crippen LogP contribution in [-0.4, -0.2) is 25.5 Å². The Morgan fingerprint density at radius 2 is 2.50 bits per heavy atom. The van der Waals surface area contributed by atoms with E-state index in [1.54, 1.807) is 29.3 Å². The number of Topliss-reactive ketones (excluding diaryl/α,β-unsaturated/α-hetero) is 1. The Morgan fingerprint density at radius 1 is 1.69 bits per heavy atom. The van der Waals surface area contributed by atoms with E-state index >= 15 is 0 Å². The van der Waals surface area contributed by atoms with Gasteiger partial charge in [-0.05, 0) is 13.0 Å². The predicted molar refractivity (Wildman–Crippen MR) is 60.0 cm³/mol. The van der Waals surface area contributed by atoms with E-state index in [9.17, 15) is 4.79 Å². The van der Waals surface area contributed by atoms with Crippen molar-refractivity contribution in [1.29, 1.82) is 0 Å². The molecule has 2 aromatic rings. The molecule has 0 amide bonds. The molecule has 2 rings (SSSR count). The summed E-state index contributed by atoms with van der Waals surface area (Å²) in [5.41, 5.74) is 1.47. The number of nitrogens with zero attached hydrogens (tertiary/aromatic N) is 3. The van der Waals surface area contributed by atoms with E-state index in [0.717, 1.165) is 11.5 Å². The minimum atomic E-state index is 0.0139. The highest BCUT2D eigenvalue weighted by atomic mass is 16.1. The number of carbonyl (C=O) groups excluding carboxylic acids is 1. The van der Waals surface area contributed by atoms with Crippen molar-refractivity contribution in [3.05, 3.63) is 42.3 Å². The number of H-pyrrole nitrogens is 1. The van der Waals surface area contributed by atoms with Crippen LogP contribution in [0.3, 0.4) is 0 Å². The van der Waals surface area contributed by atoms with Gasteiger partial charge in [-0.1, -0.05) is 6.58 Å². The van der Waals surface area contributed by atoms with Crippen molar-refractivity contribution in [1.82, 2.24) is 19.7 Å². The van der Waals surface area contributed by atoms with Gasteiger partial charge in [0.15, 0.2) is 5.78 Å². The Labute approximate surface area is 92.8 Å². The minimum absolute atomic E-state index is 0.0139. The molecule has 0 atom stereocenters. The lowest BCUT2D eigenvalue weighted by atomic mass is 10.3. The van der Waals surface area contributed by atoms with Crippen molar-refractivity contribution in [2.45, 2.75) is 13.5 Å². The van der Waals surface area contributed by atoms with Crippen molar-refractivity contribution in [2.75, 3.05) is 0 Å². The molecule has 1 N–H and O–H groups in total. The monoisotopic (exact) mass is 216 g/mol. The Morgan fingerprint density at radius 3 is 3.06 bits per heavy atom. The van der Waals surface area contributed by atoms with Gasteiger partial charge in [0.05, 0.1) is 24.0 Å². The van der Waals surface area contributed by atoms with E-state index in [4.69, 9.17) is 0 Å². The largest absolute Gasteiger partial charge is 0.345 e. The molecule has 0 aromatic carbocycles. The third-order valence-electron chi connectivity index (χ3n) is 2.21. The average Bonchev–Trinajstić information content (AvgIpc) is 2.87. The highest BCUT2D eigenvalue weighted by molar-refractivity contribution is 5.93. The summed E-state index contributed by atoms with van der Waals surface area (Å²) in [6, 6.07) is 0. The zero-order valence-electron chi connectivity index (χ0n) is 8.97. The molecule has 0 fully saturated rings. The lowest BCUT2D eigenvalue weighted by Gasteiger charge is -1.95. The predicted octanol–water partition coefficient (Wildman–Crippen LogP) is 1.50. The molecule has 82 valence electrons. The molecule has 5 heteroatoms. The van der Waals surface area contributed by atoms with Gasteiger partial charge in [0.2, 0.25) is 0 Å². The molecule has 16 heavy (non-hydrogen) atoms. The van der Waals surface area contributed by atoms with Crippen LogP contribution in [-0.2, 0) is 6.54 Å². The zero-order chi connectivity index (χ0) is 11.5. The summed E-state index contributed by atoms with van der Waals surface area (Å²) in [4.78, 5) is 18.3. The molecule has 2 aromatic heterocycles. The average molecular weight is 216 g/mol. The maximum atomic E-state index is 11.1. The number of hydrogen-bond acceptors (Lipinski definition) is 3. The molecular weight excluding hydrogens is 204 g/mol. The van der Waals surface area contributed by atoms with Crippen LogP contribution in [0.1, 0.15) is 28.8 Å². The fraction of sp³-hybridized carbons (Fsp3) is 0.182. The van der Waals surface area contributed by atoms with Crippen molar-refractivity contribution in [3.63, 3.8) is 0 Å². The molecule has 0 radical (unpaired) electrons. The first-order valence-corrected chi connectivity index (χ1v) is 4.89. The van der Waals surface area contributed by atoms with Crippen molar-refractivity contribution >= 4 is 11.9 Å². The van der Waals surface area contributed by atoms with E-state index in [2.05, 4.69) is 21.6 Å². The number of ketones is 1. The maximum absolute atomic E-state index is 11.1. The smallest absolute Gasteiger partial charge is 0.162 e. The summed E-state index contributed by atoms with van der Waals surface area (Å²) in [6.45, 7) is 5.68. The second-order valence-electron chi connectivity index (χ2n) is 3.46. The van der Waals surface area contributed by atoms with Gasteiger partial charge >= 0.3 is 0 Å². The molecule has 0 unspecified atom stereocenters. The number of nitrogens with one attached hydrogen (secondary N) is 1. The van der Waals surface area contributed by atoms with Gasteiger partial charge in [0.25, 0.3) is 0 Å². The van der Waals surface area contributed by atoms with Crippen LogP contribution in [0.15, 0.2) is 25.2 Å².